The molecule has 0 fully saturated rings. The van der Waals surface area contributed by atoms with Crippen molar-refractivity contribution in [3.8, 4) is 17.4 Å². The van der Waals surface area contributed by atoms with Gasteiger partial charge in [0.2, 0.25) is 11.7 Å². The van der Waals surface area contributed by atoms with Gasteiger partial charge in [0.25, 0.3) is 0 Å². The maximum absolute atomic E-state index is 6.15. The van der Waals surface area contributed by atoms with Gasteiger partial charge in [0.15, 0.2) is 17.2 Å². The van der Waals surface area contributed by atoms with Gasteiger partial charge in [-0.15, -0.1) is 15.3 Å². The molecule has 4 heterocycles. The highest BCUT2D eigenvalue weighted by molar-refractivity contribution is 5.56. The van der Waals surface area contributed by atoms with E-state index >= 15 is 0 Å². The second kappa shape index (κ2) is 7.85. The lowest BCUT2D eigenvalue weighted by molar-refractivity contribution is 0.263. The molecular formula is C20H26N8O2. The van der Waals surface area contributed by atoms with Gasteiger partial charge in [-0.25, -0.2) is 9.67 Å². The van der Waals surface area contributed by atoms with Crippen molar-refractivity contribution in [2.24, 2.45) is 0 Å². The molecule has 0 aromatic carbocycles. The Morgan fingerprint density at radius 2 is 2.00 bits per heavy atom. The number of fused-ring (bicyclic) bond motifs is 1. The molecule has 0 radical (unpaired) electrons. The normalized spacial score (nSPS) is 12.0. The van der Waals surface area contributed by atoms with E-state index < -0.39 is 0 Å². The lowest BCUT2D eigenvalue weighted by Crippen LogP contribution is -2.17. The van der Waals surface area contributed by atoms with Gasteiger partial charge in [0.1, 0.15) is 18.7 Å². The second-order valence-corrected chi connectivity index (χ2v) is 8.27. The van der Waals surface area contributed by atoms with E-state index in [2.05, 4.69) is 53.1 Å². The fourth-order valence-corrected chi connectivity index (χ4v) is 3.12. The Labute approximate surface area is 174 Å². The molecule has 30 heavy (non-hydrogen) atoms. The molecule has 0 aliphatic rings. The summed E-state index contributed by atoms with van der Waals surface area (Å²) < 4.78 is 14.8. The molecular weight excluding hydrogens is 384 g/mol. The van der Waals surface area contributed by atoms with Crippen LogP contribution < -0.4 is 4.74 Å². The highest BCUT2D eigenvalue weighted by Gasteiger charge is 2.24. The largest absolute Gasteiger partial charge is 0.468 e. The number of hydrogen-bond donors (Lipinski definition) is 0. The van der Waals surface area contributed by atoms with E-state index in [0.717, 1.165) is 30.8 Å². The Balaban J connectivity index is 1.71. The fourth-order valence-electron chi connectivity index (χ4n) is 3.12. The summed E-state index contributed by atoms with van der Waals surface area (Å²) in [5.41, 5.74) is 1.93. The van der Waals surface area contributed by atoms with Gasteiger partial charge < -0.3 is 9.26 Å². The summed E-state index contributed by atoms with van der Waals surface area (Å²) in [6.07, 6.45) is 3.68. The summed E-state index contributed by atoms with van der Waals surface area (Å²) in [6, 6.07) is 3.75. The number of aryl methyl sites for hydroxylation is 2. The van der Waals surface area contributed by atoms with Crippen LogP contribution in [0.3, 0.4) is 0 Å². The third-order valence-corrected chi connectivity index (χ3v) is 4.78. The zero-order valence-corrected chi connectivity index (χ0v) is 18.0. The van der Waals surface area contributed by atoms with Crippen molar-refractivity contribution in [1.82, 2.24) is 39.7 Å². The minimum Gasteiger partial charge on any atom is -0.468 e. The van der Waals surface area contributed by atoms with Gasteiger partial charge in [-0.2, -0.15) is 9.61 Å². The van der Waals surface area contributed by atoms with Crippen LogP contribution in [0.25, 0.3) is 17.2 Å². The first kappa shape index (κ1) is 20.0. The van der Waals surface area contributed by atoms with E-state index in [9.17, 15) is 0 Å². The third kappa shape index (κ3) is 3.89. The number of aromatic nitrogens is 8. The first-order valence-corrected chi connectivity index (χ1v) is 10.1. The van der Waals surface area contributed by atoms with Crippen molar-refractivity contribution in [3.63, 3.8) is 0 Å². The van der Waals surface area contributed by atoms with Crippen molar-refractivity contribution < 1.29 is 9.26 Å². The summed E-state index contributed by atoms with van der Waals surface area (Å²) in [5, 5.41) is 21.6. The first-order chi connectivity index (χ1) is 14.4. The van der Waals surface area contributed by atoms with Gasteiger partial charge in [0, 0.05) is 18.2 Å². The smallest absolute Gasteiger partial charge is 0.236 e. The number of ether oxygens (including phenoxy) is 1. The molecule has 4 aromatic rings. The lowest BCUT2D eigenvalue weighted by atomic mass is 9.88. The minimum atomic E-state index is -0.198. The van der Waals surface area contributed by atoms with Crippen LogP contribution in [0, 0.1) is 6.92 Å². The number of rotatable bonds is 7. The average Bonchev–Trinajstić information content (AvgIpc) is 3.42. The molecule has 158 valence electrons. The second-order valence-electron chi connectivity index (χ2n) is 8.27. The van der Waals surface area contributed by atoms with E-state index in [-0.39, 0.29) is 12.0 Å². The number of hydrogen-bond acceptors (Lipinski definition) is 8. The molecule has 10 heteroatoms. The standard InChI is InChI=1S/C20H26N8O2/c1-6-7-8-27-17(21-12-22-27)11-29-19-14(20(3,4)5)10-16-23-24-18(28(16)25-19)15-9-13(2)30-26-15/h9-10,12H,6-8,11H2,1-5H3. The average molecular weight is 410 g/mol. The SMILES string of the molecule is CCCCn1ncnc1COc1nn2c(-c3cc(C)on3)nnc2cc1C(C)(C)C. The minimum absolute atomic E-state index is 0.198. The highest BCUT2D eigenvalue weighted by Crippen LogP contribution is 2.32. The van der Waals surface area contributed by atoms with Gasteiger partial charge in [0.05, 0.1) is 0 Å². The summed E-state index contributed by atoms with van der Waals surface area (Å²) in [5.74, 6) is 2.46. The van der Waals surface area contributed by atoms with E-state index in [4.69, 9.17) is 14.4 Å². The summed E-state index contributed by atoms with van der Waals surface area (Å²) >= 11 is 0. The Hall–Kier alpha value is -3.30. The van der Waals surface area contributed by atoms with Crippen LogP contribution >= 0.6 is 0 Å². The van der Waals surface area contributed by atoms with Crippen LogP contribution in [0.4, 0.5) is 0 Å². The van der Waals surface area contributed by atoms with Crippen LogP contribution in [0.1, 0.15) is 57.7 Å². The molecule has 0 unspecified atom stereocenters. The Bertz CT molecular complexity index is 1150. The quantitative estimate of drug-likeness (QED) is 0.456. The summed E-state index contributed by atoms with van der Waals surface area (Å²) in [4.78, 5) is 4.34. The predicted octanol–water partition coefficient (Wildman–Crippen LogP) is 3.36. The zero-order valence-electron chi connectivity index (χ0n) is 18.0. The maximum Gasteiger partial charge on any atom is 0.236 e. The molecule has 4 aromatic heterocycles. The molecule has 0 atom stereocenters. The molecule has 0 spiro atoms. The van der Waals surface area contributed by atoms with Crippen LogP contribution in [0.5, 0.6) is 5.88 Å². The maximum atomic E-state index is 6.15. The van der Waals surface area contributed by atoms with Crippen LogP contribution in [-0.2, 0) is 18.6 Å². The molecule has 0 N–H and O–H groups in total. The van der Waals surface area contributed by atoms with E-state index in [1.807, 2.05) is 17.7 Å². The van der Waals surface area contributed by atoms with Crippen LogP contribution in [0.15, 0.2) is 23.0 Å². The number of nitrogens with zero attached hydrogens (tertiary/aromatic N) is 8. The molecule has 0 aliphatic carbocycles. The van der Waals surface area contributed by atoms with E-state index in [1.54, 1.807) is 16.9 Å². The fraction of sp³-hybridized carbons (Fsp3) is 0.500. The van der Waals surface area contributed by atoms with E-state index in [0.29, 0.717) is 28.8 Å². The van der Waals surface area contributed by atoms with E-state index in [1.165, 1.54) is 0 Å². The molecule has 0 saturated carbocycles. The predicted molar refractivity (Wildman–Crippen MR) is 109 cm³/mol. The zero-order chi connectivity index (χ0) is 21.3. The Kier molecular flexibility index (Phi) is 5.23. The molecule has 0 bridgehead atoms. The van der Waals surface area contributed by atoms with Crippen molar-refractivity contribution in [3.05, 3.63) is 35.6 Å². The Morgan fingerprint density at radius 3 is 2.70 bits per heavy atom. The first-order valence-electron chi connectivity index (χ1n) is 10.1. The lowest BCUT2D eigenvalue weighted by Gasteiger charge is -2.21. The molecule has 0 saturated heterocycles. The summed E-state index contributed by atoms with van der Waals surface area (Å²) in [6.45, 7) is 11.4. The van der Waals surface area contributed by atoms with Gasteiger partial charge in [-0.05, 0) is 24.8 Å². The molecule has 0 amide bonds. The highest BCUT2D eigenvalue weighted by atomic mass is 16.5. The third-order valence-electron chi connectivity index (χ3n) is 4.78. The Morgan fingerprint density at radius 1 is 1.17 bits per heavy atom. The number of unbranched alkanes of at least 4 members (excludes halogenated alkanes) is 1. The van der Waals surface area contributed by atoms with Crippen molar-refractivity contribution >= 4 is 5.65 Å². The van der Waals surface area contributed by atoms with Gasteiger partial charge >= 0.3 is 0 Å². The van der Waals surface area contributed by atoms with Crippen LogP contribution in [-0.4, -0.2) is 39.7 Å². The monoisotopic (exact) mass is 410 g/mol. The van der Waals surface area contributed by atoms with Gasteiger partial charge in [-0.1, -0.05) is 39.3 Å². The topological polar surface area (TPSA) is 109 Å². The summed E-state index contributed by atoms with van der Waals surface area (Å²) in [7, 11) is 0. The van der Waals surface area contributed by atoms with Gasteiger partial charge in [-0.3, -0.25) is 0 Å². The van der Waals surface area contributed by atoms with Crippen LogP contribution in [0.2, 0.25) is 0 Å². The van der Waals surface area contributed by atoms with Crippen molar-refractivity contribution in [2.45, 2.75) is 66.0 Å². The van der Waals surface area contributed by atoms with Crippen molar-refractivity contribution in [2.75, 3.05) is 0 Å². The molecule has 0 aliphatic heterocycles. The molecule has 10 nitrogen and oxygen atoms in total. The van der Waals surface area contributed by atoms with Crippen molar-refractivity contribution in [1.29, 1.82) is 0 Å². The molecule has 4 rings (SSSR count).